The molecule has 0 spiro atoms. The van der Waals surface area contributed by atoms with E-state index in [1.807, 2.05) is 0 Å². The minimum absolute atomic E-state index is 0.138. The minimum Gasteiger partial charge on any atom is -0.325 e. The lowest BCUT2D eigenvalue weighted by molar-refractivity contribution is 0.598. The van der Waals surface area contributed by atoms with Gasteiger partial charge in [-0.2, -0.15) is 0 Å². The van der Waals surface area contributed by atoms with Crippen LogP contribution in [-0.4, -0.2) is 4.98 Å². The van der Waals surface area contributed by atoms with Crippen molar-refractivity contribution in [3.05, 3.63) is 41.4 Å². The summed E-state index contributed by atoms with van der Waals surface area (Å²) in [6.45, 7) is 6.14. The summed E-state index contributed by atoms with van der Waals surface area (Å²) in [5.74, 6) is -0.364. The van der Waals surface area contributed by atoms with Crippen molar-refractivity contribution in [2.24, 2.45) is 5.73 Å². The van der Waals surface area contributed by atoms with Crippen molar-refractivity contribution >= 4 is 15.9 Å². The van der Waals surface area contributed by atoms with E-state index >= 15 is 0 Å². The van der Waals surface area contributed by atoms with Crippen LogP contribution in [0.1, 0.15) is 5.69 Å². The van der Waals surface area contributed by atoms with Crippen LogP contribution < -0.4 is 5.73 Å². The van der Waals surface area contributed by atoms with E-state index in [-0.39, 0.29) is 12.4 Å². The number of hydrogen-bond acceptors (Lipinski definition) is 2. The Bertz CT molecular complexity index is 253. The molecule has 1 aromatic rings. The highest BCUT2D eigenvalue weighted by molar-refractivity contribution is 9.10. The molecule has 0 aliphatic rings. The van der Waals surface area contributed by atoms with Crippen molar-refractivity contribution in [2.45, 2.75) is 6.54 Å². The number of rotatable bonds is 1. The second-order valence-corrected chi connectivity index (χ2v) is 2.70. The van der Waals surface area contributed by atoms with Gasteiger partial charge in [0, 0.05) is 17.2 Å². The van der Waals surface area contributed by atoms with Crippen LogP contribution in [0.2, 0.25) is 0 Å². The number of nitrogens with zero attached hydrogens (tertiary/aromatic N) is 1. The Morgan fingerprint density at radius 1 is 1.58 bits per heavy atom. The highest BCUT2D eigenvalue weighted by Crippen LogP contribution is 2.11. The summed E-state index contributed by atoms with van der Waals surface area (Å²) in [4.78, 5) is 3.75. The molecular weight excluding hydrogens is 223 g/mol. The summed E-state index contributed by atoms with van der Waals surface area (Å²) < 4.78 is 13.3. The molecule has 12 heavy (non-hydrogen) atoms. The van der Waals surface area contributed by atoms with Crippen molar-refractivity contribution in [1.82, 2.24) is 4.98 Å². The molecule has 0 amide bonds. The fourth-order valence-corrected chi connectivity index (χ4v) is 0.896. The van der Waals surface area contributed by atoms with Gasteiger partial charge in [0.05, 0.1) is 5.69 Å². The smallest absolute Gasteiger partial charge is 0.147 e. The van der Waals surface area contributed by atoms with Gasteiger partial charge in [-0.25, -0.2) is 4.39 Å². The molecule has 0 radical (unpaired) electrons. The van der Waals surface area contributed by atoms with Gasteiger partial charge in [0.25, 0.3) is 0 Å². The molecule has 0 aromatic carbocycles. The van der Waals surface area contributed by atoms with Crippen LogP contribution in [0.3, 0.4) is 0 Å². The average Bonchev–Trinajstić information content (AvgIpc) is 2.08. The largest absolute Gasteiger partial charge is 0.325 e. The maximum atomic E-state index is 12.7. The number of hydrogen-bond donors (Lipinski definition) is 1. The third-order valence-corrected chi connectivity index (χ3v) is 1.51. The van der Waals surface area contributed by atoms with Crippen LogP contribution in [0.5, 0.6) is 0 Å². The third-order valence-electron chi connectivity index (χ3n) is 1.08. The SMILES string of the molecule is C=C.NCc1ncc(Br)cc1F. The lowest BCUT2D eigenvalue weighted by Gasteiger charge is -1.96. The molecule has 2 N–H and O–H groups in total. The van der Waals surface area contributed by atoms with Gasteiger partial charge >= 0.3 is 0 Å². The van der Waals surface area contributed by atoms with E-state index in [2.05, 4.69) is 34.1 Å². The quantitative estimate of drug-likeness (QED) is 0.755. The van der Waals surface area contributed by atoms with E-state index < -0.39 is 0 Å². The number of pyridine rings is 1. The Hall–Kier alpha value is -0.740. The topological polar surface area (TPSA) is 38.9 Å². The summed E-state index contributed by atoms with van der Waals surface area (Å²) in [5.41, 5.74) is 5.48. The maximum Gasteiger partial charge on any atom is 0.147 e. The standard InChI is InChI=1S/C6H6BrFN2.C2H4/c7-4-1-5(8)6(2-9)10-3-4;1-2/h1,3H,2,9H2;1-2H2. The van der Waals surface area contributed by atoms with E-state index in [9.17, 15) is 4.39 Å². The zero-order chi connectivity index (χ0) is 9.56. The molecule has 0 bridgehead atoms. The van der Waals surface area contributed by atoms with Crippen molar-refractivity contribution in [3.8, 4) is 0 Å². The first-order chi connectivity index (χ1) is 5.74. The Kier molecular flexibility index (Phi) is 5.49. The van der Waals surface area contributed by atoms with Crippen LogP contribution in [-0.2, 0) is 6.54 Å². The second-order valence-electron chi connectivity index (χ2n) is 1.79. The van der Waals surface area contributed by atoms with Gasteiger partial charge in [0.15, 0.2) is 0 Å². The molecule has 66 valence electrons. The summed E-state index contributed by atoms with van der Waals surface area (Å²) in [6, 6.07) is 1.34. The molecule has 1 aromatic heterocycles. The molecule has 0 aliphatic carbocycles. The zero-order valence-electron chi connectivity index (χ0n) is 6.56. The van der Waals surface area contributed by atoms with Crippen molar-refractivity contribution in [1.29, 1.82) is 0 Å². The van der Waals surface area contributed by atoms with Gasteiger partial charge in [-0.3, -0.25) is 4.98 Å². The summed E-state index contributed by atoms with van der Waals surface area (Å²) in [7, 11) is 0. The Labute approximate surface area is 79.4 Å². The van der Waals surface area contributed by atoms with E-state index in [0.717, 1.165) is 0 Å². The van der Waals surface area contributed by atoms with Crippen molar-refractivity contribution in [3.63, 3.8) is 0 Å². The van der Waals surface area contributed by atoms with Crippen LogP contribution in [0.4, 0.5) is 4.39 Å². The molecule has 0 saturated carbocycles. The van der Waals surface area contributed by atoms with E-state index in [4.69, 9.17) is 5.73 Å². The van der Waals surface area contributed by atoms with Gasteiger partial charge in [0.1, 0.15) is 5.82 Å². The molecule has 2 nitrogen and oxygen atoms in total. The van der Waals surface area contributed by atoms with Crippen molar-refractivity contribution < 1.29 is 4.39 Å². The van der Waals surface area contributed by atoms with E-state index in [1.165, 1.54) is 12.3 Å². The Balaban J connectivity index is 0.000000561. The van der Waals surface area contributed by atoms with Gasteiger partial charge in [0.2, 0.25) is 0 Å². The van der Waals surface area contributed by atoms with Gasteiger partial charge in [-0.05, 0) is 22.0 Å². The molecule has 0 unspecified atom stereocenters. The number of aromatic nitrogens is 1. The lowest BCUT2D eigenvalue weighted by atomic mass is 10.3. The third kappa shape index (κ3) is 3.11. The van der Waals surface area contributed by atoms with E-state index in [1.54, 1.807) is 0 Å². The molecule has 1 heterocycles. The van der Waals surface area contributed by atoms with Gasteiger partial charge < -0.3 is 5.73 Å². The average molecular weight is 233 g/mol. The Morgan fingerprint density at radius 3 is 2.58 bits per heavy atom. The summed E-state index contributed by atoms with van der Waals surface area (Å²) >= 11 is 3.08. The summed E-state index contributed by atoms with van der Waals surface area (Å²) in [5, 5.41) is 0. The van der Waals surface area contributed by atoms with Gasteiger partial charge in [-0.1, -0.05) is 0 Å². The molecule has 0 aliphatic heterocycles. The zero-order valence-corrected chi connectivity index (χ0v) is 8.14. The monoisotopic (exact) mass is 232 g/mol. The molecule has 0 fully saturated rings. The van der Waals surface area contributed by atoms with Crippen LogP contribution >= 0.6 is 15.9 Å². The molecule has 4 heteroatoms. The van der Waals surface area contributed by atoms with Crippen LogP contribution in [0.25, 0.3) is 0 Å². The minimum atomic E-state index is -0.364. The maximum absolute atomic E-state index is 12.7. The first kappa shape index (κ1) is 11.3. The van der Waals surface area contributed by atoms with E-state index in [0.29, 0.717) is 10.2 Å². The fourth-order valence-electron chi connectivity index (χ4n) is 0.593. The fraction of sp³-hybridized carbons (Fsp3) is 0.125. The Morgan fingerprint density at radius 2 is 2.17 bits per heavy atom. The lowest BCUT2D eigenvalue weighted by Crippen LogP contribution is -2.02. The van der Waals surface area contributed by atoms with Gasteiger partial charge in [-0.15, -0.1) is 13.2 Å². The predicted molar refractivity (Wildman–Crippen MR) is 51.0 cm³/mol. The molecule has 0 saturated heterocycles. The predicted octanol–water partition coefficient (Wildman–Crippen LogP) is 2.24. The highest BCUT2D eigenvalue weighted by Gasteiger charge is 2.00. The van der Waals surface area contributed by atoms with Crippen LogP contribution in [0, 0.1) is 5.82 Å². The summed E-state index contributed by atoms with van der Waals surface area (Å²) in [6.07, 6.45) is 1.52. The second kappa shape index (κ2) is 5.85. The first-order valence-electron chi connectivity index (χ1n) is 3.24. The van der Waals surface area contributed by atoms with Crippen molar-refractivity contribution in [2.75, 3.05) is 0 Å². The number of halogens is 2. The molecule has 1 rings (SSSR count). The highest BCUT2D eigenvalue weighted by atomic mass is 79.9. The first-order valence-corrected chi connectivity index (χ1v) is 4.03. The van der Waals surface area contributed by atoms with Crippen LogP contribution in [0.15, 0.2) is 29.9 Å². The molecular formula is C8H10BrFN2. The number of nitrogens with two attached hydrogens (primary N) is 1. The molecule has 0 atom stereocenters. The normalized spacial score (nSPS) is 8.58.